The quantitative estimate of drug-likeness (QED) is 0.386. The fourth-order valence-electron chi connectivity index (χ4n) is 6.63. The lowest BCUT2D eigenvalue weighted by atomic mass is 9.50. The van der Waals surface area contributed by atoms with Gasteiger partial charge in [0.2, 0.25) is 0 Å². The van der Waals surface area contributed by atoms with E-state index >= 15 is 0 Å². The van der Waals surface area contributed by atoms with E-state index in [0.29, 0.717) is 25.7 Å². The predicted octanol–water partition coefficient (Wildman–Crippen LogP) is 3.88. The van der Waals surface area contributed by atoms with E-state index in [1.165, 1.54) is 20.8 Å². The van der Waals surface area contributed by atoms with Gasteiger partial charge >= 0.3 is 17.9 Å². The smallest absolute Gasteiger partial charge is 0.303 e. The molecule has 0 amide bonds. The van der Waals surface area contributed by atoms with Gasteiger partial charge < -0.3 is 19.3 Å². The Kier molecular flexibility index (Phi) is 6.87. The maximum absolute atomic E-state index is 12.3. The Balaban J connectivity index is 2.30. The Bertz CT molecular complexity index is 885. The molecule has 0 saturated heterocycles. The normalized spacial score (nSPS) is 37.9. The minimum atomic E-state index is -0.835. The van der Waals surface area contributed by atoms with Crippen LogP contribution < -0.4 is 0 Å². The van der Waals surface area contributed by atoms with Gasteiger partial charge in [-0.3, -0.25) is 14.4 Å². The molecule has 0 unspecified atom stereocenters. The summed E-state index contributed by atoms with van der Waals surface area (Å²) in [6.45, 7) is 16.5. The van der Waals surface area contributed by atoms with Crippen LogP contribution in [0.4, 0.5) is 0 Å². The molecule has 3 aliphatic rings. The van der Waals surface area contributed by atoms with Crippen molar-refractivity contribution in [2.75, 3.05) is 0 Å². The molecule has 2 fully saturated rings. The highest BCUT2D eigenvalue weighted by molar-refractivity contribution is 5.68. The van der Waals surface area contributed by atoms with Crippen LogP contribution >= 0.6 is 0 Å². The predicted molar refractivity (Wildman–Crippen MR) is 122 cm³/mol. The molecule has 33 heavy (non-hydrogen) atoms. The van der Waals surface area contributed by atoms with Crippen LogP contribution in [0.1, 0.15) is 74.1 Å². The third-order valence-electron chi connectivity index (χ3n) is 8.37. The molecule has 0 radical (unpaired) electrons. The second kappa shape index (κ2) is 8.90. The third kappa shape index (κ3) is 4.48. The lowest BCUT2D eigenvalue weighted by Gasteiger charge is -2.57. The lowest BCUT2D eigenvalue weighted by molar-refractivity contribution is -0.186. The monoisotopic (exact) mass is 462 g/mol. The molecule has 0 aromatic rings. The topological polar surface area (TPSA) is 99.1 Å². The van der Waals surface area contributed by atoms with E-state index in [-0.39, 0.29) is 17.8 Å². The van der Waals surface area contributed by atoms with Crippen molar-refractivity contribution in [1.29, 1.82) is 0 Å². The molecule has 0 spiro atoms. The number of rotatable bonds is 3. The molecule has 2 saturated carbocycles. The first-order valence-corrected chi connectivity index (χ1v) is 11.8. The van der Waals surface area contributed by atoms with Gasteiger partial charge in [0, 0.05) is 26.2 Å². The molecular formula is C26H38O7. The molecule has 184 valence electrons. The molecule has 0 aromatic carbocycles. The highest BCUT2D eigenvalue weighted by Crippen LogP contribution is 2.60. The SMILES string of the molecule is C=C1[C@H]2C[C@@H]3C[C@H](OC(C)=O)C(C)=C([C@@H](OC(C)=O)[C@H](OC(C)=O)[C@]2(C)CC[C@@H]1O)C3(C)C. The Morgan fingerprint density at radius 3 is 2.09 bits per heavy atom. The van der Waals surface area contributed by atoms with Crippen molar-refractivity contribution < 1.29 is 33.7 Å². The van der Waals surface area contributed by atoms with Crippen molar-refractivity contribution in [3.63, 3.8) is 0 Å². The number of esters is 3. The van der Waals surface area contributed by atoms with Gasteiger partial charge in [-0.1, -0.05) is 27.4 Å². The molecule has 7 atom stereocenters. The Labute approximate surface area is 196 Å². The minimum Gasteiger partial charge on any atom is -0.458 e. The number of aliphatic hydroxyl groups is 1. The number of hydrogen-bond acceptors (Lipinski definition) is 7. The van der Waals surface area contributed by atoms with Crippen molar-refractivity contribution in [3.8, 4) is 0 Å². The Morgan fingerprint density at radius 2 is 1.55 bits per heavy atom. The van der Waals surface area contributed by atoms with Crippen LogP contribution in [-0.4, -0.2) is 47.4 Å². The average molecular weight is 463 g/mol. The van der Waals surface area contributed by atoms with Crippen molar-refractivity contribution in [3.05, 3.63) is 23.3 Å². The second-order valence-electron chi connectivity index (χ2n) is 10.8. The number of carbonyl (C=O) groups is 3. The van der Waals surface area contributed by atoms with Crippen LogP contribution in [0.25, 0.3) is 0 Å². The molecule has 1 N–H and O–H groups in total. The minimum absolute atomic E-state index is 0.0725. The Hall–Kier alpha value is -2.15. The molecule has 0 aromatic heterocycles. The molecule has 0 aliphatic heterocycles. The van der Waals surface area contributed by atoms with Crippen LogP contribution in [0.2, 0.25) is 0 Å². The van der Waals surface area contributed by atoms with Gasteiger partial charge in [-0.05, 0) is 66.6 Å². The van der Waals surface area contributed by atoms with E-state index in [4.69, 9.17) is 14.2 Å². The van der Waals surface area contributed by atoms with Crippen LogP contribution in [0, 0.1) is 22.7 Å². The zero-order valence-corrected chi connectivity index (χ0v) is 20.9. The van der Waals surface area contributed by atoms with Gasteiger partial charge in [0.05, 0.1) is 6.10 Å². The summed E-state index contributed by atoms with van der Waals surface area (Å²) in [5, 5.41) is 10.7. The summed E-state index contributed by atoms with van der Waals surface area (Å²) in [5.41, 5.74) is 1.39. The first kappa shape index (κ1) is 25.5. The van der Waals surface area contributed by atoms with Crippen LogP contribution in [0.3, 0.4) is 0 Å². The lowest BCUT2D eigenvalue weighted by Crippen LogP contribution is -2.59. The fourth-order valence-corrected chi connectivity index (χ4v) is 6.63. The summed E-state index contributed by atoms with van der Waals surface area (Å²) in [7, 11) is 0. The summed E-state index contributed by atoms with van der Waals surface area (Å²) in [6, 6.07) is 0. The zero-order valence-electron chi connectivity index (χ0n) is 20.9. The number of hydrogen-bond donors (Lipinski definition) is 1. The second-order valence-corrected chi connectivity index (χ2v) is 10.8. The highest BCUT2D eigenvalue weighted by atomic mass is 16.6. The molecule has 7 heteroatoms. The summed E-state index contributed by atoms with van der Waals surface area (Å²) < 4.78 is 17.6. The average Bonchev–Trinajstić information content (AvgIpc) is 2.67. The largest absolute Gasteiger partial charge is 0.458 e. The third-order valence-corrected chi connectivity index (χ3v) is 8.37. The molecule has 2 bridgehead atoms. The maximum atomic E-state index is 12.3. The van der Waals surface area contributed by atoms with E-state index in [0.717, 1.165) is 16.7 Å². The highest BCUT2D eigenvalue weighted by Gasteiger charge is 2.59. The number of fused-ring (bicyclic) bond motifs is 3. The van der Waals surface area contributed by atoms with E-state index in [9.17, 15) is 19.5 Å². The molecule has 0 heterocycles. The van der Waals surface area contributed by atoms with Crippen molar-refractivity contribution >= 4 is 17.9 Å². The van der Waals surface area contributed by atoms with Gasteiger partial charge in [0.15, 0.2) is 6.10 Å². The number of carbonyl (C=O) groups excluding carboxylic acids is 3. The maximum Gasteiger partial charge on any atom is 0.303 e. The van der Waals surface area contributed by atoms with Gasteiger partial charge in [0.25, 0.3) is 0 Å². The zero-order chi connectivity index (χ0) is 24.9. The molecule has 3 rings (SSSR count). The van der Waals surface area contributed by atoms with E-state index in [1.807, 2.05) is 13.8 Å². The summed E-state index contributed by atoms with van der Waals surface area (Å²) in [4.78, 5) is 36.5. The van der Waals surface area contributed by atoms with Crippen LogP contribution in [-0.2, 0) is 28.6 Å². The molecule has 3 aliphatic carbocycles. The van der Waals surface area contributed by atoms with Gasteiger partial charge in [-0.25, -0.2) is 0 Å². The van der Waals surface area contributed by atoms with Gasteiger partial charge in [-0.15, -0.1) is 0 Å². The van der Waals surface area contributed by atoms with E-state index in [1.54, 1.807) is 0 Å². The summed E-state index contributed by atoms with van der Waals surface area (Å²) in [6.07, 6.45) is -0.286. The first-order valence-electron chi connectivity index (χ1n) is 11.8. The van der Waals surface area contributed by atoms with Crippen LogP contribution in [0.15, 0.2) is 23.3 Å². The van der Waals surface area contributed by atoms with E-state index < -0.39 is 47.2 Å². The molecular weight excluding hydrogens is 424 g/mol. The Morgan fingerprint density at radius 1 is 0.970 bits per heavy atom. The van der Waals surface area contributed by atoms with Crippen LogP contribution in [0.5, 0.6) is 0 Å². The standard InChI is InChI=1S/C26H38O7/c1-13-19-11-18-12-21(31-15(3)27)14(2)22(25(18,6)7)23(32-16(4)28)24(33-17(5)29)26(19,8)10-9-20(13)30/h18-21,23-24,30H,1,9-12H2,2-8H3/t18-,19-,20+,21+,23-,24+,26-/m1/s1. The number of ether oxygens (including phenoxy) is 3. The summed E-state index contributed by atoms with van der Waals surface area (Å²) in [5.74, 6) is -1.41. The van der Waals surface area contributed by atoms with Crippen molar-refractivity contribution in [2.45, 2.75) is 98.6 Å². The van der Waals surface area contributed by atoms with Crippen molar-refractivity contribution in [1.82, 2.24) is 0 Å². The first-order chi connectivity index (χ1) is 15.2. The fraction of sp³-hybridized carbons (Fsp3) is 0.731. The number of aliphatic hydroxyl groups excluding tert-OH is 1. The molecule has 7 nitrogen and oxygen atoms in total. The van der Waals surface area contributed by atoms with E-state index in [2.05, 4.69) is 20.4 Å². The summed E-state index contributed by atoms with van der Waals surface area (Å²) >= 11 is 0. The van der Waals surface area contributed by atoms with Crippen molar-refractivity contribution in [2.24, 2.45) is 22.7 Å². The van der Waals surface area contributed by atoms with Gasteiger partial charge in [-0.2, -0.15) is 0 Å². The van der Waals surface area contributed by atoms with Gasteiger partial charge in [0.1, 0.15) is 12.2 Å².